The largest absolute Gasteiger partial charge is 0.465 e. The van der Waals surface area contributed by atoms with Crippen molar-refractivity contribution in [3.63, 3.8) is 0 Å². The summed E-state index contributed by atoms with van der Waals surface area (Å²) >= 11 is 0. The van der Waals surface area contributed by atoms with Crippen molar-refractivity contribution in [2.24, 2.45) is 0 Å². The van der Waals surface area contributed by atoms with Gasteiger partial charge in [-0.15, -0.1) is 5.10 Å². The van der Waals surface area contributed by atoms with Crippen LogP contribution in [0, 0.1) is 6.92 Å². The molecule has 0 bridgehead atoms. The van der Waals surface area contributed by atoms with E-state index >= 15 is 0 Å². The number of amides is 1. The molecule has 156 valence electrons. The summed E-state index contributed by atoms with van der Waals surface area (Å²) in [5, 5.41) is 14.8. The van der Waals surface area contributed by atoms with E-state index in [1.807, 2.05) is 51.1 Å². The number of aryl methyl sites for hydroxylation is 1. The monoisotopic (exact) mass is 415 g/mol. The van der Waals surface area contributed by atoms with E-state index in [-0.39, 0.29) is 11.6 Å². The Morgan fingerprint density at radius 3 is 2.65 bits per heavy atom. The average Bonchev–Trinajstić information content (AvgIpc) is 3.44. The molecule has 31 heavy (non-hydrogen) atoms. The number of hydrogen-bond donors (Lipinski definition) is 1. The number of carbonyl (C=O) groups is 1. The second-order valence-electron chi connectivity index (χ2n) is 7.19. The number of carbonyl (C=O) groups excluding carboxylic acids is 1. The molecule has 4 aromatic rings. The standard InChI is InChI=1S/C22H21N7O2/c1-14(2)20-23-15(3)12-19(24-20)25-22(30)18(13-17-10-7-11-31-17)29-21(26-27-28-29)16-8-5-4-6-9-16/h4-14H,1-3H3,(H,23,24,25,30). The summed E-state index contributed by atoms with van der Waals surface area (Å²) in [5.74, 6) is 1.66. The maximum Gasteiger partial charge on any atom is 0.275 e. The fourth-order valence-corrected chi connectivity index (χ4v) is 2.94. The van der Waals surface area contributed by atoms with Gasteiger partial charge in [0.2, 0.25) is 0 Å². The maximum atomic E-state index is 13.3. The molecule has 1 amide bonds. The third-order valence-corrected chi connectivity index (χ3v) is 4.41. The van der Waals surface area contributed by atoms with E-state index in [0.717, 1.165) is 11.3 Å². The molecular weight excluding hydrogens is 394 g/mol. The van der Waals surface area contributed by atoms with Gasteiger partial charge in [0.25, 0.3) is 5.91 Å². The lowest BCUT2D eigenvalue weighted by Crippen LogP contribution is -2.20. The van der Waals surface area contributed by atoms with Crippen molar-refractivity contribution < 1.29 is 9.21 Å². The van der Waals surface area contributed by atoms with Crippen molar-refractivity contribution >= 4 is 23.5 Å². The Bertz CT molecular complexity index is 1210. The third kappa shape index (κ3) is 4.55. The molecule has 0 aliphatic carbocycles. The van der Waals surface area contributed by atoms with Crippen molar-refractivity contribution in [1.82, 2.24) is 30.2 Å². The molecule has 1 aromatic carbocycles. The molecule has 9 nitrogen and oxygen atoms in total. The molecule has 3 heterocycles. The highest BCUT2D eigenvalue weighted by Crippen LogP contribution is 2.22. The van der Waals surface area contributed by atoms with Gasteiger partial charge in [0.1, 0.15) is 23.1 Å². The third-order valence-electron chi connectivity index (χ3n) is 4.41. The first-order valence-electron chi connectivity index (χ1n) is 9.77. The zero-order valence-corrected chi connectivity index (χ0v) is 17.4. The summed E-state index contributed by atoms with van der Waals surface area (Å²) < 4.78 is 6.79. The van der Waals surface area contributed by atoms with Gasteiger partial charge in [-0.1, -0.05) is 44.2 Å². The molecule has 0 aliphatic rings. The molecule has 0 saturated carbocycles. The van der Waals surface area contributed by atoms with Crippen LogP contribution in [0.25, 0.3) is 23.2 Å². The summed E-state index contributed by atoms with van der Waals surface area (Å²) in [6, 6.07) is 14.6. The summed E-state index contributed by atoms with van der Waals surface area (Å²) in [6.45, 7) is 5.85. The highest BCUT2D eigenvalue weighted by Gasteiger charge is 2.21. The minimum Gasteiger partial charge on any atom is -0.465 e. The van der Waals surface area contributed by atoms with Gasteiger partial charge >= 0.3 is 0 Å². The Hall–Kier alpha value is -4.14. The molecule has 0 fully saturated rings. The second kappa shape index (κ2) is 8.70. The number of benzene rings is 1. The lowest BCUT2D eigenvalue weighted by molar-refractivity contribution is -0.111. The van der Waals surface area contributed by atoms with Crippen LogP contribution in [0.4, 0.5) is 5.82 Å². The van der Waals surface area contributed by atoms with Crippen LogP contribution in [0.2, 0.25) is 0 Å². The van der Waals surface area contributed by atoms with Gasteiger partial charge in [-0.25, -0.2) is 9.97 Å². The van der Waals surface area contributed by atoms with Gasteiger partial charge in [0.15, 0.2) is 5.82 Å². The number of anilines is 1. The molecule has 3 aromatic heterocycles. The first kappa shape index (κ1) is 20.1. The predicted molar refractivity (Wildman–Crippen MR) is 116 cm³/mol. The van der Waals surface area contributed by atoms with Crippen LogP contribution in [0.3, 0.4) is 0 Å². The maximum absolute atomic E-state index is 13.3. The summed E-state index contributed by atoms with van der Waals surface area (Å²) in [4.78, 5) is 22.2. The first-order valence-corrected chi connectivity index (χ1v) is 9.77. The number of nitrogens with zero attached hydrogens (tertiary/aromatic N) is 6. The Balaban J connectivity index is 1.75. The molecule has 0 spiro atoms. The number of furan rings is 1. The second-order valence-corrected chi connectivity index (χ2v) is 7.19. The number of aromatic nitrogens is 6. The SMILES string of the molecule is Cc1cc(NC(=O)C(=Cc2ccco2)n2nnnc2-c2ccccc2)nc(C(C)C)n1. The van der Waals surface area contributed by atoms with E-state index in [1.165, 1.54) is 10.9 Å². The minimum atomic E-state index is -0.436. The molecule has 9 heteroatoms. The summed E-state index contributed by atoms with van der Waals surface area (Å²) in [7, 11) is 0. The lowest BCUT2D eigenvalue weighted by atomic mass is 10.2. The fourth-order valence-electron chi connectivity index (χ4n) is 2.94. The molecule has 4 rings (SSSR count). The highest BCUT2D eigenvalue weighted by atomic mass is 16.3. The van der Waals surface area contributed by atoms with Crippen molar-refractivity contribution in [3.8, 4) is 11.4 Å². The Morgan fingerprint density at radius 2 is 1.94 bits per heavy atom. The average molecular weight is 415 g/mol. The van der Waals surface area contributed by atoms with Gasteiger partial charge in [0.05, 0.1) is 6.26 Å². The number of hydrogen-bond acceptors (Lipinski definition) is 7. The van der Waals surface area contributed by atoms with Crippen LogP contribution in [-0.4, -0.2) is 36.1 Å². The van der Waals surface area contributed by atoms with Crippen molar-refractivity contribution in [1.29, 1.82) is 0 Å². The fraction of sp³-hybridized carbons (Fsp3) is 0.182. The number of nitrogens with one attached hydrogen (secondary N) is 1. The molecule has 0 radical (unpaired) electrons. The Morgan fingerprint density at radius 1 is 1.13 bits per heavy atom. The van der Waals surface area contributed by atoms with Crippen molar-refractivity contribution in [2.45, 2.75) is 26.7 Å². The molecule has 0 aliphatic heterocycles. The Kier molecular flexibility index (Phi) is 5.65. The molecule has 1 N–H and O–H groups in total. The van der Waals surface area contributed by atoms with E-state index in [2.05, 4.69) is 30.8 Å². The van der Waals surface area contributed by atoms with Crippen molar-refractivity contribution in [3.05, 3.63) is 72.1 Å². The number of tetrazole rings is 1. The van der Waals surface area contributed by atoms with Crippen LogP contribution in [0.1, 0.15) is 37.0 Å². The van der Waals surface area contributed by atoms with Gasteiger partial charge < -0.3 is 9.73 Å². The van der Waals surface area contributed by atoms with Gasteiger partial charge in [-0.2, -0.15) is 4.68 Å². The van der Waals surface area contributed by atoms with E-state index < -0.39 is 5.91 Å². The topological polar surface area (TPSA) is 112 Å². The quantitative estimate of drug-likeness (QED) is 0.477. The van der Waals surface area contributed by atoms with Crippen LogP contribution in [-0.2, 0) is 4.79 Å². The van der Waals surface area contributed by atoms with Crippen LogP contribution < -0.4 is 5.32 Å². The van der Waals surface area contributed by atoms with E-state index in [9.17, 15) is 4.79 Å². The molecule has 0 saturated heterocycles. The van der Waals surface area contributed by atoms with Crippen LogP contribution >= 0.6 is 0 Å². The van der Waals surface area contributed by atoms with Gasteiger partial charge in [-0.3, -0.25) is 4.79 Å². The van der Waals surface area contributed by atoms with Crippen LogP contribution in [0.5, 0.6) is 0 Å². The molecular formula is C22H21N7O2. The summed E-state index contributed by atoms with van der Waals surface area (Å²) in [5.41, 5.74) is 1.71. The van der Waals surface area contributed by atoms with Gasteiger partial charge in [0, 0.05) is 29.3 Å². The van der Waals surface area contributed by atoms with E-state index in [4.69, 9.17) is 4.42 Å². The minimum absolute atomic E-state index is 0.123. The predicted octanol–water partition coefficient (Wildman–Crippen LogP) is 3.79. The zero-order valence-electron chi connectivity index (χ0n) is 17.4. The zero-order chi connectivity index (χ0) is 21.8. The first-order chi connectivity index (χ1) is 15.0. The normalized spacial score (nSPS) is 11.7. The van der Waals surface area contributed by atoms with E-state index in [0.29, 0.717) is 23.2 Å². The Labute approximate surface area is 178 Å². The molecule has 0 atom stereocenters. The van der Waals surface area contributed by atoms with E-state index in [1.54, 1.807) is 24.3 Å². The van der Waals surface area contributed by atoms with Crippen LogP contribution in [0.15, 0.2) is 59.2 Å². The van der Waals surface area contributed by atoms with Gasteiger partial charge in [-0.05, 0) is 29.5 Å². The number of rotatable bonds is 6. The summed E-state index contributed by atoms with van der Waals surface area (Å²) in [6.07, 6.45) is 3.11. The smallest absolute Gasteiger partial charge is 0.275 e. The molecule has 0 unspecified atom stereocenters. The van der Waals surface area contributed by atoms with Crippen molar-refractivity contribution in [2.75, 3.05) is 5.32 Å². The lowest BCUT2D eigenvalue weighted by Gasteiger charge is -2.12. The highest BCUT2D eigenvalue weighted by molar-refractivity contribution is 6.24.